The van der Waals surface area contributed by atoms with Gasteiger partial charge in [-0.25, -0.2) is 9.97 Å². The van der Waals surface area contributed by atoms with Crippen molar-refractivity contribution in [3.05, 3.63) is 47.0 Å². The summed E-state index contributed by atoms with van der Waals surface area (Å²) in [4.78, 5) is 12.1. The van der Waals surface area contributed by atoms with Crippen LogP contribution in [0, 0.1) is 0 Å². The Morgan fingerprint density at radius 2 is 1.96 bits per heavy atom. The molecule has 2 heterocycles. The minimum absolute atomic E-state index is 0.575. The summed E-state index contributed by atoms with van der Waals surface area (Å²) in [5.74, 6) is 3.36. The maximum atomic E-state index is 5.55. The lowest BCUT2D eigenvalue weighted by Crippen LogP contribution is -2.31. The van der Waals surface area contributed by atoms with Crippen molar-refractivity contribution in [3.63, 3.8) is 0 Å². The maximum Gasteiger partial charge on any atom is 0.131 e. The third-order valence-corrected chi connectivity index (χ3v) is 5.89. The van der Waals surface area contributed by atoms with Gasteiger partial charge in [0.25, 0.3) is 0 Å². The van der Waals surface area contributed by atoms with Crippen LogP contribution in [-0.4, -0.2) is 35.6 Å². The predicted molar refractivity (Wildman–Crippen MR) is 105 cm³/mol. The van der Waals surface area contributed by atoms with Crippen molar-refractivity contribution in [1.29, 1.82) is 0 Å². The standard InChI is InChI=1S/C22H29N3O2/c1-26-19-9-8-17(21(12-19)27-2)14-25-11-10-20-18(15-25)13-23-22(24-20)16-6-4-3-5-7-16/h8-9,12-13,16H,3-7,10-11,14-15H2,1-2H3. The highest BCUT2D eigenvalue weighted by Gasteiger charge is 2.23. The highest BCUT2D eigenvalue weighted by Crippen LogP contribution is 2.32. The van der Waals surface area contributed by atoms with Crippen LogP contribution in [0.4, 0.5) is 0 Å². The molecular formula is C22H29N3O2. The van der Waals surface area contributed by atoms with Gasteiger partial charge < -0.3 is 9.47 Å². The second kappa shape index (κ2) is 8.26. The van der Waals surface area contributed by atoms with Crippen LogP contribution in [0.3, 0.4) is 0 Å². The zero-order chi connectivity index (χ0) is 18.6. The molecule has 0 saturated heterocycles. The van der Waals surface area contributed by atoms with Crippen molar-refractivity contribution >= 4 is 0 Å². The number of nitrogens with zero attached hydrogens (tertiary/aromatic N) is 3. The van der Waals surface area contributed by atoms with Crippen molar-refractivity contribution in [3.8, 4) is 11.5 Å². The van der Waals surface area contributed by atoms with E-state index >= 15 is 0 Å². The number of rotatable bonds is 5. The lowest BCUT2D eigenvalue weighted by atomic mass is 9.88. The monoisotopic (exact) mass is 367 g/mol. The minimum atomic E-state index is 0.575. The predicted octanol–water partition coefficient (Wildman–Crippen LogP) is 4.10. The van der Waals surface area contributed by atoms with Gasteiger partial charge in [0.15, 0.2) is 0 Å². The van der Waals surface area contributed by atoms with Crippen LogP contribution in [-0.2, 0) is 19.5 Å². The third-order valence-electron chi connectivity index (χ3n) is 5.89. The molecule has 1 fully saturated rings. The number of benzene rings is 1. The van der Waals surface area contributed by atoms with E-state index in [-0.39, 0.29) is 0 Å². The van der Waals surface area contributed by atoms with E-state index in [0.29, 0.717) is 5.92 Å². The Bertz CT molecular complexity index is 787. The number of aromatic nitrogens is 2. The van der Waals surface area contributed by atoms with Crippen molar-refractivity contribution in [2.75, 3.05) is 20.8 Å². The normalized spacial score (nSPS) is 18.1. The van der Waals surface area contributed by atoms with Gasteiger partial charge >= 0.3 is 0 Å². The molecule has 4 rings (SSSR count). The maximum absolute atomic E-state index is 5.55. The van der Waals surface area contributed by atoms with E-state index in [1.54, 1.807) is 14.2 Å². The number of fused-ring (bicyclic) bond motifs is 1. The quantitative estimate of drug-likeness (QED) is 0.796. The molecule has 144 valence electrons. The molecule has 2 aliphatic rings. The molecule has 2 aromatic rings. The fraction of sp³-hybridized carbons (Fsp3) is 0.545. The number of methoxy groups -OCH3 is 2. The van der Waals surface area contributed by atoms with Gasteiger partial charge in [-0.15, -0.1) is 0 Å². The fourth-order valence-corrected chi connectivity index (χ4v) is 4.31. The van der Waals surface area contributed by atoms with Gasteiger partial charge in [-0.2, -0.15) is 0 Å². The average molecular weight is 367 g/mol. The Morgan fingerprint density at radius 3 is 2.74 bits per heavy atom. The van der Waals surface area contributed by atoms with E-state index in [0.717, 1.165) is 43.4 Å². The van der Waals surface area contributed by atoms with Crippen LogP contribution in [0.25, 0.3) is 0 Å². The molecule has 0 N–H and O–H groups in total. The van der Waals surface area contributed by atoms with Crippen LogP contribution in [0.5, 0.6) is 11.5 Å². The lowest BCUT2D eigenvalue weighted by Gasteiger charge is -2.29. The first kappa shape index (κ1) is 18.2. The van der Waals surface area contributed by atoms with Gasteiger partial charge in [-0.05, 0) is 18.9 Å². The number of hydrogen-bond acceptors (Lipinski definition) is 5. The van der Waals surface area contributed by atoms with Gasteiger partial charge in [-0.1, -0.05) is 25.3 Å². The van der Waals surface area contributed by atoms with E-state index in [1.807, 2.05) is 12.1 Å². The van der Waals surface area contributed by atoms with Crippen molar-refractivity contribution < 1.29 is 9.47 Å². The van der Waals surface area contributed by atoms with Gasteiger partial charge in [0, 0.05) is 61.1 Å². The van der Waals surface area contributed by atoms with Gasteiger partial charge in [0.2, 0.25) is 0 Å². The summed E-state index contributed by atoms with van der Waals surface area (Å²) in [5.41, 5.74) is 3.71. The Kier molecular flexibility index (Phi) is 5.58. The molecule has 1 aliphatic carbocycles. The Hall–Kier alpha value is -2.14. The molecule has 0 spiro atoms. The molecule has 1 saturated carbocycles. The highest BCUT2D eigenvalue weighted by molar-refractivity contribution is 5.40. The molecular weight excluding hydrogens is 338 g/mol. The molecule has 0 unspecified atom stereocenters. The minimum Gasteiger partial charge on any atom is -0.497 e. The van der Waals surface area contributed by atoms with Crippen LogP contribution >= 0.6 is 0 Å². The van der Waals surface area contributed by atoms with E-state index in [1.165, 1.54) is 48.9 Å². The Balaban J connectivity index is 1.45. The zero-order valence-corrected chi connectivity index (χ0v) is 16.4. The first-order valence-corrected chi connectivity index (χ1v) is 10.0. The topological polar surface area (TPSA) is 47.5 Å². The second-order valence-corrected chi connectivity index (χ2v) is 7.67. The van der Waals surface area contributed by atoms with Gasteiger partial charge in [0.1, 0.15) is 17.3 Å². The third kappa shape index (κ3) is 4.08. The molecule has 1 aromatic carbocycles. The van der Waals surface area contributed by atoms with Crippen LogP contribution in [0.1, 0.15) is 60.7 Å². The van der Waals surface area contributed by atoms with Crippen molar-refractivity contribution in [2.45, 2.75) is 57.5 Å². The molecule has 0 bridgehead atoms. The SMILES string of the molecule is COc1ccc(CN2CCc3nc(C4CCCCC4)ncc3C2)c(OC)c1. The molecule has 0 amide bonds. The first-order chi connectivity index (χ1) is 13.3. The number of hydrogen-bond donors (Lipinski definition) is 0. The van der Waals surface area contributed by atoms with E-state index in [2.05, 4.69) is 17.2 Å². The summed E-state index contributed by atoms with van der Waals surface area (Å²) in [6.45, 7) is 2.77. The summed E-state index contributed by atoms with van der Waals surface area (Å²) < 4.78 is 10.8. The molecule has 5 nitrogen and oxygen atoms in total. The van der Waals surface area contributed by atoms with E-state index < -0.39 is 0 Å². The number of ether oxygens (including phenoxy) is 2. The average Bonchev–Trinajstić information content (AvgIpc) is 2.74. The largest absolute Gasteiger partial charge is 0.497 e. The Morgan fingerprint density at radius 1 is 1.11 bits per heavy atom. The molecule has 1 aromatic heterocycles. The van der Waals surface area contributed by atoms with Crippen LogP contribution in [0.15, 0.2) is 24.4 Å². The lowest BCUT2D eigenvalue weighted by molar-refractivity contribution is 0.238. The summed E-state index contributed by atoms with van der Waals surface area (Å²) in [5, 5.41) is 0. The zero-order valence-electron chi connectivity index (χ0n) is 16.4. The fourth-order valence-electron chi connectivity index (χ4n) is 4.31. The summed E-state index contributed by atoms with van der Waals surface area (Å²) in [7, 11) is 3.39. The van der Waals surface area contributed by atoms with Crippen molar-refractivity contribution in [2.24, 2.45) is 0 Å². The van der Waals surface area contributed by atoms with Crippen LogP contribution in [0.2, 0.25) is 0 Å². The highest BCUT2D eigenvalue weighted by atomic mass is 16.5. The summed E-state index contributed by atoms with van der Waals surface area (Å²) in [6.07, 6.45) is 9.58. The second-order valence-electron chi connectivity index (χ2n) is 7.67. The molecule has 0 atom stereocenters. The van der Waals surface area contributed by atoms with Crippen molar-refractivity contribution in [1.82, 2.24) is 14.9 Å². The van der Waals surface area contributed by atoms with Gasteiger partial charge in [-0.3, -0.25) is 4.90 Å². The molecule has 0 radical (unpaired) electrons. The van der Waals surface area contributed by atoms with E-state index in [9.17, 15) is 0 Å². The summed E-state index contributed by atoms with van der Waals surface area (Å²) >= 11 is 0. The molecule has 27 heavy (non-hydrogen) atoms. The molecule has 5 heteroatoms. The smallest absolute Gasteiger partial charge is 0.131 e. The van der Waals surface area contributed by atoms with Crippen LogP contribution < -0.4 is 9.47 Å². The first-order valence-electron chi connectivity index (χ1n) is 10.0. The summed E-state index contributed by atoms with van der Waals surface area (Å²) in [6, 6.07) is 6.04. The van der Waals surface area contributed by atoms with E-state index in [4.69, 9.17) is 19.4 Å². The molecule has 1 aliphatic heterocycles. The van der Waals surface area contributed by atoms with Gasteiger partial charge in [0.05, 0.1) is 14.2 Å². The Labute approximate surface area is 161 Å².